The predicted octanol–water partition coefficient (Wildman–Crippen LogP) is 2.33. The number of aliphatic carboxylic acids is 1. The van der Waals surface area contributed by atoms with Crippen LogP contribution in [0.5, 0.6) is 0 Å². The van der Waals surface area contributed by atoms with E-state index in [9.17, 15) is 14.7 Å². The molecule has 3 rings (SSSR count). The van der Waals surface area contributed by atoms with Crippen molar-refractivity contribution in [3.63, 3.8) is 0 Å². The van der Waals surface area contributed by atoms with E-state index in [2.05, 4.69) is 17.3 Å². The second-order valence-electron chi connectivity index (χ2n) is 6.53. The summed E-state index contributed by atoms with van der Waals surface area (Å²) in [4.78, 5) is 27.3. The van der Waals surface area contributed by atoms with Crippen molar-refractivity contribution in [3.05, 3.63) is 29.8 Å². The number of carbonyl (C=O) groups excluding carboxylic acids is 2. The highest BCUT2D eigenvalue weighted by atomic mass is 16.4. The number of carbonyl (C=O) groups is 2. The standard InChI is InChI=1S/C19H22N4O3/c1-4-12(3)23-19-14(10-13-9-11(2)5-6-15(13)20-19)18(22-23)21-16(24)7-8-17(25)26/h5-6,9-10,12H,4,7-8H2,1-3H3,(H,25,26)(H,21,22,24)/p-1/t12-/m0/s1. The van der Waals surface area contributed by atoms with Gasteiger partial charge in [-0.25, -0.2) is 9.67 Å². The van der Waals surface area contributed by atoms with Gasteiger partial charge < -0.3 is 15.2 Å². The van der Waals surface area contributed by atoms with Crippen molar-refractivity contribution in [1.82, 2.24) is 14.8 Å². The number of amides is 1. The van der Waals surface area contributed by atoms with Crippen molar-refractivity contribution < 1.29 is 14.7 Å². The lowest BCUT2D eigenvalue weighted by atomic mass is 10.1. The number of carboxylic acid groups (broad SMARTS) is 1. The van der Waals surface area contributed by atoms with Crippen molar-refractivity contribution in [3.8, 4) is 0 Å². The first-order chi connectivity index (χ1) is 12.4. The molecular weight excluding hydrogens is 332 g/mol. The Morgan fingerprint density at radius 3 is 2.73 bits per heavy atom. The minimum Gasteiger partial charge on any atom is -0.550 e. The molecule has 0 unspecified atom stereocenters. The van der Waals surface area contributed by atoms with Crippen LogP contribution in [0.4, 0.5) is 5.82 Å². The lowest BCUT2D eigenvalue weighted by molar-refractivity contribution is -0.305. The second-order valence-corrected chi connectivity index (χ2v) is 6.53. The van der Waals surface area contributed by atoms with Gasteiger partial charge in [0.25, 0.3) is 0 Å². The van der Waals surface area contributed by atoms with Gasteiger partial charge in [0.05, 0.1) is 16.9 Å². The molecule has 1 N–H and O–H groups in total. The third-order valence-corrected chi connectivity index (χ3v) is 4.45. The molecule has 1 amide bonds. The molecule has 0 aliphatic heterocycles. The van der Waals surface area contributed by atoms with Gasteiger partial charge in [0, 0.05) is 17.8 Å². The number of fused-ring (bicyclic) bond motifs is 2. The number of aryl methyl sites for hydroxylation is 1. The third kappa shape index (κ3) is 3.51. The zero-order valence-electron chi connectivity index (χ0n) is 15.1. The number of nitrogens with zero attached hydrogens (tertiary/aromatic N) is 3. The molecular formula is C19H21N4O3-. The quantitative estimate of drug-likeness (QED) is 0.733. The number of anilines is 1. The maximum Gasteiger partial charge on any atom is 0.225 e. The molecule has 1 atom stereocenters. The number of carboxylic acids is 1. The summed E-state index contributed by atoms with van der Waals surface area (Å²) >= 11 is 0. The van der Waals surface area contributed by atoms with Crippen LogP contribution in [0.15, 0.2) is 24.3 Å². The van der Waals surface area contributed by atoms with E-state index in [1.165, 1.54) is 0 Å². The fraction of sp³-hybridized carbons (Fsp3) is 0.368. The number of hydrogen-bond donors (Lipinski definition) is 1. The van der Waals surface area contributed by atoms with Crippen molar-refractivity contribution in [2.45, 2.75) is 46.1 Å². The molecule has 2 heterocycles. The molecule has 0 aliphatic carbocycles. The number of rotatable bonds is 6. The van der Waals surface area contributed by atoms with Crippen LogP contribution < -0.4 is 10.4 Å². The molecule has 136 valence electrons. The highest BCUT2D eigenvalue weighted by molar-refractivity contribution is 6.03. The summed E-state index contributed by atoms with van der Waals surface area (Å²) in [6.07, 6.45) is 0.388. The van der Waals surface area contributed by atoms with Gasteiger partial charge in [0.1, 0.15) is 0 Å². The molecule has 1 aromatic carbocycles. The molecule has 0 saturated heterocycles. The zero-order chi connectivity index (χ0) is 18.8. The molecule has 0 saturated carbocycles. The monoisotopic (exact) mass is 353 g/mol. The number of benzene rings is 1. The highest BCUT2D eigenvalue weighted by Crippen LogP contribution is 2.29. The van der Waals surface area contributed by atoms with E-state index in [1.54, 1.807) is 0 Å². The van der Waals surface area contributed by atoms with E-state index in [-0.39, 0.29) is 18.9 Å². The normalized spacial score (nSPS) is 12.4. The zero-order valence-corrected chi connectivity index (χ0v) is 15.1. The van der Waals surface area contributed by atoms with Gasteiger partial charge in [0.15, 0.2) is 11.5 Å². The van der Waals surface area contributed by atoms with E-state index in [4.69, 9.17) is 4.98 Å². The SMILES string of the molecule is CC[C@H](C)n1nc(NC(=O)CCC(=O)[O-])c2cc3cc(C)ccc3nc21. The third-order valence-electron chi connectivity index (χ3n) is 4.45. The van der Waals surface area contributed by atoms with Crippen LogP contribution in [-0.2, 0) is 9.59 Å². The Hall–Kier alpha value is -2.96. The number of pyridine rings is 1. The van der Waals surface area contributed by atoms with Crippen LogP contribution in [0, 0.1) is 6.92 Å². The van der Waals surface area contributed by atoms with E-state index in [0.29, 0.717) is 11.5 Å². The molecule has 2 aromatic heterocycles. The lowest BCUT2D eigenvalue weighted by Gasteiger charge is -2.10. The number of hydrogen-bond acceptors (Lipinski definition) is 5. The van der Waals surface area contributed by atoms with Gasteiger partial charge in [0.2, 0.25) is 5.91 Å². The highest BCUT2D eigenvalue weighted by Gasteiger charge is 2.18. The first-order valence-corrected chi connectivity index (χ1v) is 8.68. The molecule has 0 bridgehead atoms. The van der Waals surface area contributed by atoms with Crippen LogP contribution in [0.25, 0.3) is 21.9 Å². The minimum absolute atomic E-state index is 0.113. The van der Waals surface area contributed by atoms with Crippen LogP contribution in [0.1, 0.15) is 44.7 Å². The molecule has 0 aliphatic rings. The second kappa shape index (κ2) is 7.11. The molecule has 0 fully saturated rings. The fourth-order valence-electron chi connectivity index (χ4n) is 2.83. The summed E-state index contributed by atoms with van der Waals surface area (Å²) in [5.41, 5.74) is 2.68. The maximum absolute atomic E-state index is 12.1. The average Bonchev–Trinajstić information content (AvgIpc) is 2.95. The van der Waals surface area contributed by atoms with E-state index in [0.717, 1.165) is 28.3 Å². The van der Waals surface area contributed by atoms with E-state index < -0.39 is 11.9 Å². The van der Waals surface area contributed by atoms with Gasteiger partial charge in [-0.2, -0.15) is 5.10 Å². The molecule has 0 radical (unpaired) electrons. The molecule has 0 spiro atoms. The molecule has 7 nitrogen and oxygen atoms in total. The average molecular weight is 353 g/mol. The number of nitrogens with one attached hydrogen (secondary N) is 1. The van der Waals surface area contributed by atoms with Gasteiger partial charge in [-0.05, 0) is 44.9 Å². The molecule has 3 aromatic rings. The summed E-state index contributed by atoms with van der Waals surface area (Å²) in [5, 5.41) is 19.5. The number of aromatic nitrogens is 3. The summed E-state index contributed by atoms with van der Waals surface area (Å²) in [6.45, 7) is 6.10. The Kier molecular flexibility index (Phi) is 4.88. The van der Waals surface area contributed by atoms with Gasteiger partial charge in [-0.3, -0.25) is 4.79 Å². The first-order valence-electron chi connectivity index (χ1n) is 8.68. The Bertz CT molecular complexity index is 993. The summed E-state index contributed by atoms with van der Waals surface area (Å²) in [6, 6.07) is 8.08. The Labute approximate surface area is 151 Å². The minimum atomic E-state index is -1.25. The van der Waals surface area contributed by atoms with Crippen LogP contribution in [0.3, 0.4) is 0 Å². The van der Waals surface area contributed by atoms with Crippen LogP contribution in [0.2, 0.25) is 0 Å². The summed E-state index contributed by atoms with van der Waals surface area (Å²) in [5.74, 6) is -1.26. The topological polar surface area (TPSA) is 99.9 Å². The smallest absolute Gasteiger partial charge is 0.225 e. The van der Waals surface area contributed by atoms with Crippen molar-refractivity contribution in [1.29, 1.82) is 0 Å². The molecule has 7 heteroatoms. The van der Waals surface area contributed by atoms with Crippen molar-refractivity contribution >= 4 is 39.6 Å². The maximum atomic E-state index is 12.1. The van der Waals surface area contributed by atoms with E-state index >= 15 is 0 Å². The molecule has 26 heavy (non-hydrogen) atoms. The Morgan fingerprint density at radius 2 is 2.04 bits per heavy atom. The van der Waals surface area contributed by atoms with Crippen molar-refractivity contribution in [2.24, 2.45) is 0 Å². The lowest BCUT2D eigenvalue weighted by Crippen LogP contribution is -2.24. The van der Waals surface area contributed by atoms with Crippen molar-refractivity contribution in [2.75, 3.05) is 5.32 Å². The first kappa shape index (κ1) is 17.8. The van der Waals surface area contributed by atoms with Gasteiger partial charge >= 0.3 is 0 Å². The predicted molar refractivity (Wildman–Crippen MR) is 97.6 cm³/mol. The van der Waals surface area contributed by atoms with Crippen LogP contribution >= 0.6 is 0 Å². The van der Waals surface area contributed by atoms with Gasteiger partial charge in [-0.15, -0.1) is 0 Å². The van der Waals surface area contributed by atoms with Gasteiger partial charge in [-0.1, -0.05) is 18.6 Å². The Balaban J connectivity index is 2.09. The van der Waals surface area contributed by atoms with E-state index in [1.807, 2.05) is 42.8 Å². The largest absolute Gasteiger partial charge is 0.550 e. The van der Waals surface area contributed by atoms with Crippen LogP contribution in [-0.4, -0.2) is 26.6 Å². The summed E-state index contributed by atoms with van der Waals surface area (Å²) in [7, 11) is 0. The fourth-order valence-corrected chi connectivity index (χ4v) is 2.83. The Morgan fingerprint density at radius 1 is 1.27 bits per heavy atom. The summed E-state index contributed by atoms with van der Waals surface area (Å²) < 4.78 is 1.81.